The second-order valence-corrected chi connectivity index (χ2v) is 4.77. The number of methoxy groups -OCH3 is 1. The monoisotopic (exact) mass is 268 g/mol. The number of nitrogens with two attached hydrogens (primary N) is 1. The van der Waals surface area contributed by atoms with Crippen molar-refractivity contribution < 1.29 is 22.7 Å². The van der Waals surface area contributed by atoms with Gasteiger partial charge in [-0.05, 0) is 12.3 Å². The average molecular weight is 268 g/mol. The van der Waals surface area contributed by atoms with E-state index in [2.05, 4.69) is 4.74 Å². The van der Waals surface area contributed by atoms with Gasteiger partial charge < -0.3 is 15.4 Å². The van der Waals surface area contributed by atoms with Crippen LogP contribution in [-0.2, 0) is 9.53 Å². The lowest BCUT2D eigenvalue weighted by molar-refractivity contribution is -0.149. The van der Waals surface area contributed by atoms with E-state index in [-0.39, 0.29) is 18.4 Å². The smallest absolute Gasteiger partial charge is 0.389 e. The predicted molar refractivity (Wildman–Crippen MR) is 59.8 cm³/mol. The lowest BCUT2D eigenvalue weighted by atomic mass is 9.91. The zero-order valence-electron chi connectivity index (χ0n) is 10.4. The molecule has 0 aliphatic carbocycles. The van der Waals surface area contributed by atoms with Crippen molar-refractivity contribution in [2.24, 2.45) is 11.7 Å². The summed E-state index contributed by atoms with van der Waals surface area (Å²) in [6.07, 6.45) is -4.40. The van der Waals surface area contributed by atoms with Crippen molar-refractivity contribution in [1.82, 2.24) is 4.90 Å². The topological polar surface area (TPSA) is 55.6 Å². The lowest BCUT2D eigenvalue weighted by Crippen LogP contribution is -2.48. The Morgan fingerprint density at radius 1 is 1.44 bits per heavy atom. The molecule has 18 heavy (non-hydrogen) atoms. The summed E-state index contributed by atoms with van der Waals surface area (Å²) in [5, 5.41) is 0. The van der Waals surface area contributed by atoms with E-state index in [1.54, 1.807) is 0 Å². The molecule has 7 heteroatoms. The molecule has 0 amide bonds. The van der Waals surface area contributed by atoms with Crippen LogP contribution in [-0.4, -0.2) is 49.8 Å². The first-order chi connectivity index (χ1) is 8.30. The van der Waals surface area contributed by atoms with Crippen LogP contribution < -0.4 is 5.73 Å². The summed E-state index contributed by atoms with van der Waals surface area (Å²) in [6.45, 7) is 1.27. The average Bonchev–Trinajstić information content (AvgIpc) is 2.22. The van der Waals surface area contributed by atoms with E-state index >= 15 is 0 Å². The van der Waals surface area contributed by atoms with Gasteiger partial charge in [0, 0.05) is 32.1 Å². The van der Waals surface area contributed by atoms with Crippen molar-refractivity contribution in [2.75, 3.05) is 26.7 Å². The minimum atomic E-state index is -4.16. The summed E-state index contributed by atoms with van der Waals surface area (Å²) in [4.78, 5) is 12.8. The van der Waals surface area contributed by atoms with Gasteiger partial charge in [0.25, 0.3) is 0 Å². The van der Waals surface area contributed by atoms with Crippen molar-refractivity contribution >= 4 is 5.97 Å². The molecule has 2 N–H and O–H groups in total. The Labute approximate surface area is 104 Å². The Bertz CT molecular complexity index is 284. The van der Waals surface area contributed by atoms with Gasteiger partial charge in [-0.25, -0.2) is 0 Å². The predicted octanol–water partition coefficient (Wildman–Crippen LogP) is 1.15. The summed E-state index contributed by atoms with van der Waals surface area (Å²) in [7, 11) is 1.29. The van der Waals surface area contributed by atoms with Gasteiger partial charge in [0.1, 0.15) is 0 Å². The maximum Gasteiger partial charge on any atom is 0.389 e. The molecule has 1 rings (SSSR count). The number of carbonyl (C=O) groups excluding carboxylic acids is 1. The second kappa shape index (κ2) is 6.38. The fraction of sp³-hybridized carbons (Fsp3) is 0.909. The Morgan fingerprint density at radius 2 is 2.11 bits per heavy atom. The molecule has 1 aliphatic rings. The van der Waals surface area contributed by atoms with E-state index in [0.717, 1.165) is 0 Å². The van der Waals surface area contributed by atoms with Crippen LogP contribution in [0.1, 0.15) is 19.3 Å². The summed E-state index contributed by atoms with van der Waals surface area (Å²) in [5.74, 6) is -0.840. The minimum absolute atomic E-state index is 0.182. The first kappa shape index (κ1) is 15.2. The van der Waals surface area contributed by atoms with Crippen molar-refractivity contribution in [3.63, 3.8) is 0 Å². The zero-order chi connectivity index (χ0) is 13.8. The molecule has 1 aliphatic heterocycles. The summed E-state index contributed by atoms with van der Waals surface area (Å²) in [6, 6.07) is -0.260. The Kier molecular flexibility index (Phi) is 5.40. The Hall–Kier alpha value is -0.820. The first-order valence-corrected chi connectivity index (χ1v) is 5.91. The maximum atomic E-state index is 12.3. The molecule has 0 aromatic rings. The third-order valence-corrected chi connectivity index (χ3v) is 3.03. The number of nitrogens with zero attached hydrogens (tertiary/aromatic N) is 1. The van der Waals surface area contributed by atoms with Gasteiger partial charge in [0.2, 0.25) is 0 Å². The molecule has 0 aromatic carbocycles. The molecule has 0 bridgehead atoms. The Balaban J connectivity index is 2.43. The first-order valence-electron chi connectivity index (χ1n) is 5.91. The Morgan fingerprint density at radius 3 is 2.67 bits per heavy atom. The molecule has 0 aromatic heterocycles. The number of likely N-dealkylation sites (tertiary alicyclic amines) is 1. The molecular formula is C11H19F3N2O2. The van der Waals surface area contributed by atoms with Crippen molar-refractivity contribution in [3.05, 3.63) is 0 Å². The van der Waals surface area contributed by atoms with Gasteiger partial charge in [0.15, 0.2) is 0 Å². The van der Waals surface area contributed by atoms with Crippen LogP contribution in [0.25, 0.3) is 0 Å². The van der Waals surface area contributed by atoms with Crippen LogP contribution in [0.5, 0.6) is 0 Å². The van der Waals surface area contributed by atoms with Gasteiger partial charge in [-0.2, -0.15) is 13.2 Å². The molecule has 0 saturated carbocycles. The highest BCUT2D eigenvalue weighted by Crippen LogP contribution is 2.29. The van der Waals surface area contributed by atoms with E-state index in [4.69, 9.17) is 5.73 Å². The fourth-order valence-corrected chi connectivity index (χ4v) is 2.36. The second-order valence-electron chi connectivity index (χ2n) is 4.77. The number of ether oxygens (including phenoxy) is 1. The van der Waals surface area contributed by atoms with E-state index in [0.29, 0.717) is 26.1 Å². The quantitative estimate of drug-likeness (QED) is 0.777. The largest absolute Gasteiger partial charge is 0.469 e. The normalized spacial score (nSPS) is 26.1. The van der Waals surface area contributed by atoms with E-state index < -0.39 is 18.5 Å². The van der Waals surface area contributed by atoms with Gasteiger partial charge in [-0.15, -0.1) is 0 Å². The van der Waals surface area contributed by atoms with Crippen LogP contribution in [0.15, 0.2) is 0 Å². The SMILES string of the molecule is COC(=O)CCN1CC(N)CC(CC(F)(F)F)C1. The van der Waals surface area contributed by atoms with Crippen LogP contribution in [0.2, 0.25) is 0 Å². The highest BCUT2D eigenvalue weighted by Gasteiger charge is 2.35. The fourth-order valence-electron chi connectivity index (χ4n) is 2.36. The summed E-state index contributed by atoms with van der Waals surface area (Å²) >= 11 is 0. The van der Waals surface area contributed by atoms with Crippen LogP contribution in [0, 0.1) is 5.92 Å². The van der Waals surface area contributed by atoms with Crippen LogP contribution in [0.4, 0.5) is 13.2 Å². The number of rotatable bonds is 4. The number of hydrogen-bond donors (Lipinski definition) is 1. The van der Waals surface area contributed by atoms with E-state index in [9.17, 15) is 18.0 Å². The number of piperidine rings is 1. The van der Waals surface area contributed by atoms with Gasteiger partial charge in [0.05, 0.1) is 13.5 Å². The highest BCUT2D eigenvalue weighted by atomic mass is 19.4. The van der Waals surface area contributed by atoms with Gasteiger partial charge >= 0.3 is 12.1 Å². The molecule has 2 unspecified atom stereocenters. The molecule has 4 nitrogen and oxygen atoms in total. The third-order valence-electron chi connectivity index (χ3n) is 3.03. The van der Waals surface area contributed by atoms with Crippen molar-refractivity contribution in [2.45, 2.75) is 31.5 Å². The standard InChI is InChI=1S/C11H19F3N2O2/c1-18-10(17)2-3-16-6-8(4-9(15)7-16)5-11(12,13)14/h8-9H,2-7,15H2,1H3. The summed E-state index contributed by atoms with van der Waals surface area (Å²) < 4.78 is 41.5. The molecule has 106 valence electrons. The van der Waals surface area contributed by atoms with Crippen molar-refractivity contribution in [1.29, 1.82) is 0 Å². The van der Waals surface area contributed by atoms with E-state index in [1.165, 1.54) is 7.11 Å². The minimum Gasteiger partial charge on any atom is -0.469 e. The molecule has 2 atom stereocenters. The molecule has 1 heterocycles. The zero-order valence-corrected chi connectivity index (χ0v) is 10.4. The highest BCUT2D eigenvalue weighted by molar-refractivity contribution is 5.69. The van der Waals surface area contributed by atoms with Crippen LogP contribution >= 0.6 is 0 Å². The number of esters is 1. The van der Waals surface area contributed by atoms with Crippen LogP contribution in [0.3, 0.4) is 0 Å². The molecule has 0 spiro atoms. The number of alkyl halides is 3. The summed E-state index contributed by atoms with van der Waals surface area (Å²) in [5.41, 5.74) is 5.75. The van der Waals surface area contributed by atoms with E-state index in [1.807, 2.05) is 4.90 Å². The van der Waals surface area contributed by atoms with Crippen molar-refractivity contribution in [3.8, 4) is 0 Å². The molecular weight excluding hydrogens is 249 g/mol. The molecule has 1 saturated heterocycles. The maximum absolute atomic E-state index is 12.3. The number of carbonyl (C=O) groups is 1. The molecule has 0 radical (unpaired) electrons. The number of hydrogen-bond acceptors (Lipinski definition) is 4. The van der Waals surface area contributed by atoms with Gasteiger partial charge in [-0.1, -0.05) is 0 Å². The van der Waals surface area contributed by atoms with Gasteiger partial charge in [-0.3, -0.25) is 4.79 Å². The molecule has 1 fully saturated rings. The lowest BCUT2D eigenvalue weighted by Gasteiger charge is -2.36. The number of halogens is 3. The third kappa shape index (κ3) is 5.68.